The molecule has 0 bridgehead atoms. The zero-order valence-electron chi connectivity index (χ0n) is 41.1. The number of nitrogens with one attached hydrogen (secondary N) is 7. The highest BCUT2D eigenvalue weighted by molar-refractivity contribution is 5.98. The van der Waals surface area contributed by atoms with Crippen molar-refractivity contribution in [1.82, 2.24) is 37.0 Å². The Morgan fingerprint density at radius 1 is 0.826 bits per heavy atom. The van der Waals surface area contributed by atoms with Gasteiger partial charge in [-0.3, -0.25) is 33.6 Å². The zero-order valence-corrected chi connectivity index (χ0v) is 41.1. The lowest BCUT2D eigenvalue weighted by molar-refractivity contribution is -0.143. The zero-order chi connectivity index (χ0) is 50.3. The number of nitrogens with zero attached hydrogens (tertiary/aromatic N) is 1. The van der Waals surface area contributed by atoms with Gasteiger partial charge >= 0.3 is 12.0 Å². The monoisotopic (exact) mass is 964 g/mol. The molecule has 2 fully saturated rings. The summed E-state index contributed by atoms with van der Waals surface area (Å²) in [4.78, 5) is 97.4. The number of hydrogen-bond acceptors (Lipinski definition) is 11. The average molecular weight is 964 g/mol. The molecule has 2 heterocycles. The van der Waals surface area contributed by atoms with Crippen molar-refractivity contribution in [2.75, 3.05) is 45.2 Å². The molecule has 2 aliphatic rings. The Bertz CT molecular complexity index is 1940. The number of unbranched alkanes of at least 4 members (excludes halogenated alkanes) is 1. The third kappa shape index (κ3) is 19.7. The number of benzene rings is 2. The molecular weight excluding hydrogens is 887 g/mol. The molecule has 0 saturated carbocycles. The molecule has 69 heavy (non-hydrogen) atoms. The number of nitrogens with two attached hydrogens (primary N) is 1. The second-order valence-corrected chi connectivity index (χ2v) is 18.9. The van der Waals surface area contributed by atoms with E-state index in [1.54, 1.807) is 52.1 Å². The number of carboxylic acid groups (broad SMARTS) is 1. The predicted molar refractivity (Wildman–Crippen MR) is 261 cm³/mol. The maximum atomic E-state index is 13.6. The number of urea groups is 1. The van der Waals surface area contributed by atoms with Crippen molar-refractivity contribution in [3.8, 4) is 0 Å². The lowest BCUT2D eigenvalue weighted by Gasteiger charge is -2.30. The minimum Gasteiger partial charge on any atom is -0.481 e. The number of ether oxygens (including phenoxy) is 1. The fourth-order valence-electron chi connectivity index (χ4n) is 8.87. The van der Waals surface area contributed by atoms with E-state index >= 15 is 0 Å². The van der Waals surface area contributed by atoms with Crippen molar-refractivity contribution < 1.29 is 48.2 Å². The van der Waals surface area contributed by atoms with E-state index < -0.39 is 47.7 Å². The van der Waals surface area contributed by atoms with Crippen LogP contribution in [0.2, 0.25) is 0 Å². The van der Waals surface area contributed by atoms with Crippen LogP contribution in [0.1, 0.15) is 103 Å². The second kappa shape index (κ2) is 29.4. The van der Waals surface area contributed by atoms with Gasteiger partial charge in [-0.25, -0.2) is 10.3 Å². The van der Waals surface area contributed by atoms with E-state index in [2.05, 4.69) is 42.3 Å². The number of hydroxylamine groups is 1. The quantitative estimate of drug-likeness (QED) is 0.0420. The van der Waals surface area contributed by atoms with E-state index in [0.717, 1.165) is 37.9 Å². The highest BCUT2D eigenvalue weighted by Gasteiger charge is 2.34. The van der Waals surface area contributed by atoms with Crippen molar-refractivity contribution >= 4 is 47.2 Å². The third-order valence-electron chi connectivity index (χ3n) is 13.0. The minimum atomic E-state index is -1.02. The van der Waals surface area contributed by atoms with Crippen molar-refractivity contribution in [2.45, 2.75) is 135 Å². The summed E-state index contributed by atoms with van der Waals surface area (Å²) in [5, 5.41) is 26.8. The standard InChI is InChI=1S/C50H77N9O10/c1-32(2)43(57-42(60)17-9-10-26-59-27-22-37(23-28-59)49(65)66)48(64)56-41(16-12-25-53-50(51)67)47(63)54-38-20-18-36(19-21-38)31-69-58-45(61)33(3)29-39(30-35-13-7-6-8-14-35)55-46(62)34(4)44(68-5)40-15-11-24-52-40/h6-8,13-14,18-21,32-34,37,39-41,43-44,52H,9-12,15-17,22-31H2,1-5H3,(H,54,63)(H,55,62)(H,56,64)(H,57,60)(H,58,61)(H,65,66)(H3,51,53,67). The molecule has 19 nitrogen and oxygen atoms in total. The van der Waals surface area contributed by atoms with E-state index in [1.165, 1.54) is 0 Å². The van der Waals surface area contributed by atoms with Gasteiger partial charge in [-0.1, -0.05) is 70.2 Å². The summed E-state index contributed by atoms with van der Waals surface area (Å²) in [5.74, 6) is -4.05. The fourth-order valence-corrected chi connectivity index (χ4v) is 8.87. The molecule has 2 saturated heterocycles. The molecule has 2 aromatic carbocycles. The number of primary amides is 1. The van der Waals surface area contributed by atoms with Gasteiger partial charge in [0.05, 0.1) is 24.5 Å². The first-order valence-electron chi connectivity index (χ1n) is 24.5. The maximum Gasteiger partial charge on any atom is 0.312 e. The van der Waals surface area contributed by atoms with E-state index in [4.69, 9.17) is 15.3 Å². The Kier molecular flexibility index (Phi) is 23.9. The first-order valence-corrected chi connectivity index (χ1v) is 24.5. The number of aliphatic carboxylic acids is 1. The molecule has 2 aromatic rings. The molecule has 7 unspecified atom stereocenters. The number of likely N-dealkylation sites (tertiary alicyclic amines) is 1. The van der Waals surface area contributed by atoms with Crippen LogP contribution in [0.4, 0.5) is 10.5 Å². The highest BCUT2D eigenvalue weighted by atomic mass is 16.6. The van der Waals surface area contributed by atoms with Gasteiger partial charge in [0.2, 0.25) is 29.5 Å². The topological polar surface area (TPSA) is 272 Å². The predicted octanol–water partition coefficient (Wildman–Crippen LogP) is 3.37. The van der Waals surface area contributed by atoms with Gasteiger partial charge in [0, 0.05) is 43.8 Å². The van der Waals surface area contributed by atoms with Crippen LogP contribution in [0.5, 0.6) is 0 Å². The van der Waals surface area contributed by atoms with Crippen molar-refractivity contribution in [3.63, 3.8) is 0 Å². The SMILES string of the molecule is COC(C1CCCN1)C(C)C(=O)NC(Cc1ccccc1)CC(C)C(=O)NOCc1ccc(NC(=O)C(CCCNC(N)=O)NC(=O)C(NC(=O)CCCCN2CCC(C(=O)O)CC2)C(C)C)cc1. The number of anilines is 1. The summed E-state index contributed by atoms with van der Waals surface area (Å²) < 4.78 is 5.77. The van der Waals surface area contributed by atoms with Crippen LogP contribution in [-0.2, 0) is 51.4 Å². The Balaban J connectivity index is 1.26. The number of amides is 7. The Hall–Kier alpha value is -5.63. The number of piperidine rings is 1. The van der Waals surface area contributed by atoms with Gasteiger partial charge < -0.3 is 52.4 Å². The summed E-state index contributed by atoms with van der Waals surface area (Å²) in [6.45, 7) is 10.6. The van der Waals surface area contributed by atoms with Crippen LogP contribution >= 0.6 is 0 Å². The van der Waals surface area contributed by atoms with E-state index in [9.17, 15) is 38.7 Å². The highest BCUT2D eigenvalue weighted by Crippen LogP contribution is 2.21. The molecule has 0 spiro atoms. The summed E-state index contributed by atoms with van der Waals surface area (Å²) >= 11 is 0. The summed E-state index contributed by atoms with van der Waals surface area (Å²) in [6, 6.07) is 13.7. The minimum absolute atomic E-state index is 0.0310. The number of carbonyl (C=O) groups excluding carboxylic acids is 6. The van der Waals surface area contributed by atoms with Gasteiger partial charge in [0.1, 0.15) is 12.1 Å². The van der Waals surface area contributed by atoms with Crippen molar-refractivity contribution in [1.29, 1.82) is 0 Å². The first kappa shape index (κ1) is 56.0. The summed E-state index contributed by atoms with van der Waals surface area (Å²) in [7, 11) is 1.63. The molecule has 7 amide bonds. The Morgan fingerprint density at radius 2 is 1.54 bits per heavy atom. The van der Waals surface area contributed by atoms with Crippen LogP contribution in [0.3, 0.4) is 0 Å². The van der Waals surface area contributed by atoms with E-state index in [0.29, 0.717) is 62.9 Å². The molecular formula is C50H77N9O10. The van der Waals surface area contributed by atoms with Crippen molar-refractivity contribution in [2.24, 2.45) is 29.4 Å². The van der Waals surface area contributed by atoms with Crippen LogP contribution in [0.15, 0.2) is 54.6 Å². The van der Waals surface area contributed by atoms with Crippen LogP contribution < -0.4 is 43.1 Å². The number of hydrogen-bond donors (Lipinski definition) is 9. The Morgan fingerprint density at radius 3 is 2.16 bits per heavy atom. The maximum absolute atomic E-state index is 13.6. The Labute approximate surface area is 406 Å². The van der Waals surface area contributed by atoms with Crippen LogP contribution in [0.25, 0.3) is 0 Å². The number of carboxylic acids is 1. The van der Waals surface area contributed by atoms with Gasteiger partial charge in [0.15, 0.2) is 0 Å². The number of carbonyl (C=O) groups is 7. The lowest BCUT2D eigenvalue weighted by atomic mass is 9.92. The summed E-state index contributed by atoms with van der Waals surface area (Å²) in [5.41, 5.74) is 9.94. The largest absolute Gasteiger partial charge is 0.481 e. The molecule has 19 heteroatoms. The smallest absolute Gasteiger partial charge is 0.312 e. The normalized spacial score (nSPS) is 17.9. The molecule has 382 valence electrons. The van der Waals surface area contributed by atoms with Crippen LogP contribution in [0, 0.1) is 23.7 Å². The molecule has 10 N–H and O–H groups in total. The molecule has 7 atom stereocenters. The van der Waals surface area contributed by atoms with Gasteiger partial charge in [-0.05, 0) is 120 Å². The molecule has 0 aromatic heterocycles. The number of rotatable bonds is 29. The number of methoxy groups -OCH3 is 1. The van der Waals surface area contributed by atoms with Gasteiger partial charge in [0.25, 0.3) is 0 Å². The fraction of sp³-hybridized carbons (Fsp3) is 0.620. The van der Waals surface area contributed by atoms with Crippen LogP contribution in [-0.4, -0.2) is 122 Å². The molecule has 0 aliphatic carbocycles. The molecule has 2 aliphatic heterocycles. The molecule has 0 radical (unpaired) electrons. The van der Waals surface area contributed by atoms with Crippen molar-refractivity contribution in [3.05, 3.63) is 65.7 Å². The average Bonchev–Trinajstić information content (AvgIpc) is 3.86. The third-order valence-corrected chi connectivity index (χ3v) is 13.0. The second-order valence-electron chi connectivity index (χ2n) is 18.9. The van der Waals surface area contributed by atoms with E-state index in [1.807, 2.05) is 37.3 Å². The molecule has 4 rings (SSSR count). The summed E-state index contributed by atoms with van der Waals surface area (Å²) in [6.07, 6.45) is 5.88. The van der Waals surface area contributed by atoms with Gasteiger partial charge in [-0.2, -0.15) is 0 Å². The first-order chi connectivity index (χ1) is 33.0. The lowest BCUT2D eigenvalue weighted by Crippen LogP contribution is -2.54. The van der Waals surface area contributed by atoms with Gasteiger partial charge in [-0.15, -0.1) is 0 Å². The van der Waals surface area contributed by atoms with E-state index in [-0.39, 0.29) is 73.7 Å².